The third-order valence-corrected chi connectivity index (χ3v) is 4.92. The van der Waals surface area contributed by atoms with Crippen molar-refractivity contribution in [2.45, 2.75) is 19.3 Å². The van der Waals surface area contributed by atoms with Gasteiger partial charge in [0.15, 0.2) is 0 Å². The smallest absolute Gasteiger partial charge is 0.227 e. The van der Waals surface area contributed by atoms with Crippen LogP contribution in [0, 0.1) is 0 Å². The Hall–Kier alpha value is -3.19. The van der Waals surface area contributed by atoms with E-state index in [9.17, 15) is 5.11 Å². The summed E-state index contributed by atoms with van der Waals surface area (Å²) in [5, 5.41) is 16.3. The Bertz CT molecular complexity index is 994. The summed E-state index contributed by atoms with van der Waals surface area (Å²) in [6.07, 6.45) is 3.50. The van der Waals surface area contributed by atoms with E-state index in [0.717, 1.165) is 34.1 Å². The topological polar surface area (TPSA) is 92.2 Å². The summed E-state index contributed by atoms with van der Waals surface area (Å²) in [7, 11) is 0. The number of ether oxygens (including phenoxy) is 1. The van der Waals surface area contributed by atoms with Crippen LogP contribution in [0.4, 0.5) is 17.5 Å². The number of hydrogen-bond acceptors (Lipinski definition) is 7. The Morgan fingerprint density at radius 1 is 1.25 bits per heavy atom. The van der Waals surface area contributed by atoms with Gasteiger partial charge >= 0.3 is 0 Å². The van der Waals surface area contributed by atoms with Gasteiger partial charge in [0.25, 0.3) is 0 Å². The van der Waals surface area contributed by atoms with Crippen molar-refractivity contribution >= 4 is 17.5 Å². The van der Waals surface area contributed by atoms with Crippen molar-refractivity contribution in [3.05, 3.63) is 54.4 Å². The summed E-state index contributed by atoms with van der Waals surface area (Å²) in [5.74, 6) is 2.05. The predicted molar refractivity (Wildman–Crippen MR) is 109 cm³/mol. The van der Waals surface area contributed by atoms with Crippen LogP contribution in [0.1, 0.15) is 19.4 Å². The molecule has 3 N–H and O–H groups in total. The number of rotatable bonds is 6. The zero-order valence-corrected chi connectivity index (χ0v) is 15.9. The molecule has 3 heterocycles. The fraction of sp³-hybridized carbons (Fsp3) is 0.286. The van der Waals surface area contributed by atoms with E-state index in [1.54, 1.807) is 12.4 Å². The van der Waals surface area contributed by atoms with Gasteiger partial charge in [-0.25, -0.2) is 15.0 Å². The second-order valence-corrected chi connectivity index (χ2v) is 7.01. The third-order valence-electron chi connectivity index (χ3n) is 4.92. The first kappa shape index (κ1) is 18.2. The lowest BCUT2D eigenvalue weighted by atomic mass is 9.85. The molecule has 0 aliphatic carbocycles. The third kappa shape index (κ3) is 3.36. The Morgan fingerprint density at radius 3 is 2.93 bits per heavy atom. The number of nitrogens with zero attached hydrogens (tertiary/aromatic N) is 3. The average Bonchev–Trinajstić information content (AvgIpc) is 3.07. The van der Waals surface area contributed by atoms with Crippen LogP contribution in [0.3, 0.4) is 0 Å². The molecule has 2 aromatic heterocycles. The first-order chi connectivity index (χ1) is 13.6. The summed E-state index contributed by atoms with van der Waals surface area (Å²) in [5.41, 5.74) is 3.11. The van der Waals surface area contributed by atoms with Crippen LogP contribution in [-0.4, -0.2) is 39.8 Å². The maximum Gasteiger partial charge on any atom is 0.227 e. The zero-order chi connectivity index (χ0) is 19.6. The van der Waals surface area contributed by atoms with Gasteiger partial charge in [-0.3, -0.25) is 0 Å². The number of aliphatic hydroxyl groups is 1. The number of aromatic nitrogens is 3. The van der Waals surface area contributed by atoms with Gasteiger partial charge in [0.2, 0.25) is 5.95 Å². The minimum Gasteiger partial charge on any atom is -0.492 e. The number of hydrogen-bond donors (Lipinski definition) is 3. The molecule has 0 fully saturated rings. The minimum absolute atomic E-state index is 0.0585. The highest BCUT2D eigenvalue weighted by molar-refractivity contribution is 5.68. The average molecular weight is 377 g/mol. The van der Waals surface area contributed by atoms with Crippen molar-refractivity contribution in [1.82, 2.24) is 15.0 Å². The minimum atomic E-state index is -0.344. The summed E-state index contributed by atoms with van der Waals surface area (Å²) in [4.78, 5) is 13.5. The van der Waals surface area contributed by atoms with Crippen LogP contribution in [0.25, 0.3) is 11.3 Å². The van der Waals surface area contributed by atoms with Crippen LogP contribution in [0.2, 0.25) is 0 Å². The lowest BCUT2D eigenvalue weighted by Crippen LogP contribution is -2.28. The van der Waals surface area contributed by atoms with E-state index in [1.165, 1.54) is 0 Å². The molecule has 0 spiro atoms. The number of benzene rings is 1. The second kappa shape index (κ2) is 7.44. The van der Waals surface area contributed by atoms with E-state index in [-0.39, 0.29) is 12.0 Å². The van der Waals surface area contributed by atoms with Gasteiger partial charge in [-0.15, -0.1) is 0 Å². The Balaban J connectivity index is 1.65. The zero-order valence-electron chi connectivity index (χ0n) is 15.9. The standard InChI is InChI=1S/C21H23N5O2/c1-3-28-18-7-5-4-6-17(18)26-20-22-9-8-16(25-20)14-10-15-19(23-11-14)24-12-21(15,2)13-27/h4-11,27H,3,12-13H2,1-2H3,(H,23,24)(H,22,25,26). The van der Waals surface area contributed by atoms with Gasteiger partial charge in [-0.2, -0.15) is 0 Å². The highest BCUT2D eigenvalue weighted by Gasteiger charge is 2.35. The molecule has 1 unspecified atom stereocenters. The maximum absolute atomic E-state index is 9.80. The van der Waals surface area contributed by atoms with Crippen molar-refractivity contribution in [2.75, 3.05) is 30.4 Å². The fourth-order valence-corrected chi connectivity index (χ4v) is 3.27. The van der Waals surface area contributed by atoms with Crippen molar-refractivity contribution in [1.29, 1.82) is 0 Å². The van der Waals surface area contributed by atoms with E-state index >= 15 is 0 Å². The van der Waals surface area contributed by atoms with E-state index in [0.29, 0.717) is 19.1 Å². The van der Waals surface area contributed by atoms with Crippen LogP contribution < -0.4 is 15.4 Å². The molecule has 1 aliphatic rings. The Labute approximate surface area is 163 Å². The molecular weight excluding hydrogens is 354 g/mol. The molecule has 7 nitrogen and oxygen atoms in total. The van der Waals surface area contributed by atoms with E-state index in [1.807, 2.05) is 50.2 Å². The molecule has 0 saturated carbocycles. The molecule has 1 aliphatic heterocycles. The molecule has 1 aromatic carbocycles. The SMILES string of the molecule is CCOc1ccccc1Nc1nccc(-c2cnc3c(c2)C(C)(CO)CN3)n1. The molecule has 7 heteroatoms. The quantitative estimate of drug-likeness (QED) is 0.607. The number of aliphatic hydroxyl groups excluding tert-OH is 1. The Morgan fingerprint density at radius 2 is 2.11 bits per heavy atom. The Kier molecular flexibility index (Phi) is 4.83. The summed E-state index contributed by atoms with van der Waals surface area (Å²) in [6.45, 7) is 5.28. The largest absolute Gasteiger partial charge is 0.492 e. The van der Waals surface area contributed by atoms with Crippen molar-refractivity contribution in [3.63, 3.8) is 0 Å². The van der Waals surface area contributed by atoms with Crippen LogP contribution in [0.15, 0.2) is 48.8 Å². The lowest BCUT2D eigenvalue weighted by molar-refractivity contribution is 0.218. The van der Waals surface area contributed by atoms with E-state index in [2.05, 4.69) is 25.6 Å². The molecular formula is C21H23N5O2. The summed E-state index contributed by atoms with van der Waals surface area (Å²) in [6, 6.07) is 11.6. The summed E-state index contributed by atoms with van der Waals surface area (Å²) >= 11 is 0. The predicted octanol–water partition coefficient (Wildman–Crippen LogP) is 3.36. The molecule has 0 saturated heterocycles. The number of nitrogens with one attached hydrogen (secondary N) is 2. The maximum atomic E-state index is 9.80. The molecule has 3 aromatic rings. The molecule has 0 amide bonds. The van der Waals surface area contributed by atoms with Gasteiger partial charge in [-0.05, 0) is 31.2 Å². The van der Waals surface area contributed by atoms with Crippen LogP contribution in [0.5, 0.6) is 5.75 Å². The first-order valence-corrected chi connectivity index (χ1v) is 9.30. The molecule has 144 valence electrons. The van der Waals surface area contributed by atoms with Gasteiger partial charge in [0.05, 0.1) is 24.6 Å². The monoisotopic (exact) mass is 377 g/mol. The van der Waals surface area contributed by atoms with Crippen molar-refractivity contribution in [2.24, 2.45) is 0 Å². The van der Waals surface area contributed by atoms with E-state index in [4.69, 9.17) is 4.74 Å². The normalized spacial score (nSPS) is 17.7. The number of para-hydroxylation sites is 2. The van der Waals surface area contributed by atoms with Crippen molar-refractivity contribution in [3.8, 4) is 17.0 Å². The van der Waals surface area contributed by atoms with Gasteiger partial charge in [0.1, 0.15) is 11.6 Å². The number of anilines is 3. The lowest BCUT2D eigenvalue weighted by Gasteiger charge is -2.20. The van der Waals surface area contributed by atoms with Crippen LogP contribution >= 0.6 is 0 Å². The molecule has 28 heavy (non-hydrogen) atoms. The number of fused-ring (bicyclic) bond motifs is 1. The van der Waals surface area contributed by atoms with Gasteiger partial charge in [0, 0.05) is 35.5 Å². The summed E-state index contributed by atoms with van der Waals surface area (Å²) < 4.78 is 5.65. The number of pyridine rings is 1. The fourth-order valence-electron chi connectivity index (χ4n) is 3.27. The first-order valence-electron chi connectivity index (χ1n) is 9.30. The molecule has 1 atom stereocenters. The van der Waals surface area contributed by atoms with E-state index < -0.39 is 0 Å². The second-order valence-electron chi connectivity index (χ2n) is 7.01. The highest BCUT2D eigenvalue weighted by Crippen LogP contribution is 2.37. The molecule has 4 rings (SSSR count). The van der Waals surface area contributed by atoms with Crippen molar-refractivity contribution < 1.29 is 9.84 Å². The van der Waals surface area contributed by atoms with Gasteiger partial charge in [-0.1, -0.05) is 19.1 Å². The molecule has 0 bridgehead atoms. The van der Waals surface area contributed by atoms with Crippen LogP contribution in [-0.2, 0) is 5.41 Å². The van der Waals surface area contributed by atoms with Gasteiger partial charge < -0.3 is 20.5 Å². The highest BCUT2D eigenvalue weighted by atomic mass is 16.5. The molecule has 0 radical (unpaired) electrons.